The third-order valence-corrected chi connectivity index (χ3v) is 4.89. The van der Waals surface area contributed by atoms with Gasteiger partial charge in [-0.15, -0.1) is 0 Å². The number of amides is 1. The largest absolute Gasteiger partial charge is 0.355 e. The van der Waals surface area contributed by atoms with Gasteiger partial charge >= 0.3 is 0 Å². The molecule has 0 radical (unpaired) electrons. The SMILES string of the molecule is CCCNC(=O)Cn1ncc2c3ccccc3n(Cc3ccc(F)cc3)c2c1=O. The van der Waals surface area contributed by atoms with Crippen molar-refractivity contribution in [1.29, 1.82) is 0 Å². The van der Waals surface area contributed by atoms with Crippen molar-refractivity contribution in [2.75, 3.05) is 6.54 Å². The number of para-hydroxylation sites is 1. The topological polar surface area (TPSA) is 68.9 Å². The Hall–Kier alpha value is -3.48. The average Bonchev–Trinajstić information content (AvgIpc) is 3.04. The first-order valence-electron chi connectivity index (χ1n) is 9.56. The number of halogens is 1. The molecular weight excluding hydrogens is 371 g/mol. The van der Waals surface area contributed by atoms with E-state index in [0.29, 0.717) is 18.6 Å². The Morgan fingerprint density at radius 1 is 1.10 bits per heavy atom. The van der Waals surface area contributed by atoms with Crippen LogP contribution in [0.2, 0.25) is 0 Å². The van der Waals surface area contributed by atoms with E-state index in [1.807, 2.05) is 35.8 Å². The highest BCUT2D eigenvalue weighted by Crippen LogP contribution is 2.27. The first-order chi connectivity index (χ1) is 14.1. The lowest BCUT2D eigenvalue weighted by Crippen LogP contribution is -2.34. The maximum Gasteiger partial charge on any atom is 0.291 e. The van der Waals surface area contributed by atoms with E-state index in [-0.39, 0.29) is 23.8 Å². The van der Waals surface area contributed by atoms with Crippen LogP contribution in [0.1, 0.15) is 18.9 Å². The Morgan fingerprint density at radius 2 is 1.86 bits per heavy atom. The van der Waals surface area contributed by atoms with Crippen molar-refractivity contribution in [3.05, 3.63) is 76.5 Å². The van der Waals surface area contributed by atoms with E-state index >= 15 is 0 Å². The summed E-state index contributed by atoms with van der Waals surface area (Å²) in [7, 11) is 0. The van der Waals surface area contributed by atoms with Crippen molar-refractivity contribution < 1.29 is 9.18 Å². The molecule has 2 aromatic carbocycles. The maximum atomic E-state index is 13.3. The van der Waals surface area contributed by atoms with Gasteiger partial charge < -0.3 is 9.88 Å². The van der Waals surface area contributed by atoms with Crippen molar-refractivity contribution in [3.63, 3.8) is 0 Å². The lowest BCUT2D eigenvalue weighted by atomic mass is 10.2. The van der Waals surface area contributed by atoms with Gasteiger partial charge in [0.1, 0.15) is 17.9 Å². The second kappa shape index (κ2) is 7.87. The van der Waals surface area contributed by atoms with Gasteiger partial charge in [-0.1, -0.05) is 37.3 Å². The number of hydrogen-bond donors (Lipinski definition) is 1. The highest BCUT2D eigenvalue weighted by atomic mass is 19.1. The fourth-order valence-electron chi connectivity index (χ4n) is 3.50. The summed E-state index contributed by atoms with van der Waals surface area (Å²) >= 11 is 0. The summed E-state index contributed by atoms with van der Waals surface area (Å²) < 4.78 is 16.4. The third-order valence-electron chi connectivity index (χ3n) is 4.89. The van der Waals surface area contributed by atoms with Gasteiger partial charge in [0.25, 0.3) is 5.56 Å². The minimum atomic E-state index is -0.326. The van der Waals surface area contributed by atoms with E-state index < -0.39 is 0 Å². The van der Waals surface area contributed by atoms with Gasteiger partial charge in [-0.05, 0) is 30.2 Å². The van der Waals surface area contributed by atoms with Crippen molar-refractivity contribution in [3.8, 4) is 0 Å². The first kappa shape index (κ1) is 18.9. The zero-order valence-corrected chi connectivity index (χ0v) is 16.1. The molecule has 0 aliphatic carbocycles. The first-order valence-corrected chi connectivity index (χ1v) is 9.56. The number of fused-ring (bicyclic) bond motifs is 3. The highest BCUT2D eigenvalue weighted by molar-refractivity contribution is 6.07. The standard InChI is InChI=1S/C22H21FN4O2/c1-2-11-24-20(28)14-27-22(29)21-18(12-25-27)17-5-3-4-6-19(17)26(21)13-15-7-9-16(23)10-8-15/h3-10,12H,2,11,13-14H2,1H3,(H,24,28). The van der Waals surface area contributed by atoms with Crippen molar-refractivity contribution >= 4 is 27.7 Å². The molecule has 1 amide bonds. The van der Waals surface area contributed by atoms with Crippen LogP contribution in [0.3, 0.4) is 0 Å². The summed E-state index contributed by atoms with van der Waals surface area (Å²) in [5.41, 5.74) is 1.91. The molecule has 4 rings (SSSR count). The Labute approximate surface area is 166 Å². The van der Waals surface area contributed by atoms with Gasteiger partial charge in [-0.25, -0.2) is 9.07 Å². The summed E-state index contributed by atoms with van der Waals surface area (Å²) in [5.74, 6) is -0.553. The van der Waals surface area contributed by atoms with E-state index in [9.17, 15) is 14.0 Å². The van der Waals surface area contributed by atoms with Crippen LogP contribution in [0, 0.1) is 5.82 Å². The number of carbonyl (C=O) groups is 1. The van der Waals surface area contributed by atoms with E-state index in [0.717, 1.165) is 28.3 Å². The van der Waals surface area contributed by atoms with Gasteiger partial charge in [0.2, 0.25) is 5.91 Å². The van der Waals surface area contributed by atoms with E-state index in [1.54, 1.807) is 18.3 Å². The second-order valence-electron chi connectivity index (χ2n) is 6.95. The van der Waals surface area contributed by atoms with Crippen LogP contribution in [-0.4, -0.2) is 26.8 Å². The summed E-state index contributed by atoms with van der Waals surface area (Å²) in [6.07, 6.45) is 2.45. The Bertz CT molecular complexity index is 1240. The number of aromatic nitrogens is 3. The Balaban J connectivity index is 1.85. The molecule has 0 saturated heterocycles. The fraction of sp³-hybridized carbons (Fsp3) is 0.227. The number of nitrogens with one attached hydrogen (secondary N) is 1. The minimum Gasteiger partial charge on any atom is -0.355 e. The number of nitrogens with zero attached hydrogens (tertiary/aromatic N) is 3. The molecule has 7 heteroatoms. The van der Waals surface area contributed by atoms with Crippen molar-refractivity contribution in [2.45, 2.75) is 26.4 Å². The molecule has 0 aliphatic rings. The van der Waals surface area contributed by atoms with Crippen LogP contribution < -0.4 is 10.9 Å². The molecule has 0 atom stereocenters. The third kappa shape index (κ3) is 3.63. The van der Waals surface area contributed by atoms with Crippen LogP contribution in [0.5, 0.6) is 0 Å². The molecule has 0 unspecified atom stereocenters. The Kier molecular flexibility index (Phi) is 5.12. The van der Waals surface area contributed by atoms with Crippen LogP contribution in [0.15, 0.2) is 59.5 Å². The van der Waals surface area contributed by atoms with Gasteiger partial charge in [-0.3, -0.25) is 9.59 Å². The van der Waals surface area contributed by atoms with Gasteiger partial charge in [0, 0.05) is 29.4 Å². The van der Waals surface area contributed by atoms with Crippen molar-refractivity contribution in [2.24, 2.45) is 0 Å². The summed E-state index contributed by atoms with van der Waals surface area (Å²) in [4.78, 5) is 25.3. The van der Waals surface area contributed by atoms with Crippen LogP contribution in [0.4, 0.5) is 4.39 Å². The average molecular weight is 392 g/mol. The lowest BCUT2D eigenvalue weighted by molar-refractivity contribution is -0.121. The molecule has 2 heterocycles. The smallest absolute Gasteiger partial charge is 0.291 e. The quantitative estimate of drug-likeness (QED) is 0.548. The molecule has 0 spiro atoms. The van der Waals surface area contributed by atoms with Gasteiger partial charge in [-0.2, -0.15) is 5.10 Å². The summed E-state index contributed by atoms with van der Waals surface area (Å²) in [6.45, 7) is 2.80. The number of carbonyl (C=O) groups excluding carboxylic acids is 1. The molecule has 0 fully saturated rings. The van der Waals surface area contributed by atoms with E-state index in [4.69, 9.17) is 0 Å². The zero-order chi connectivity index (χ0) is 20.4. The molecule has 29 heavy (non-hydrogen) atoms. The van der Waals surface area contributed by atoms with Crippen LogP contribution in [-0.2, 0) is 17.9 Å². The zero-order valence-electron chi connectivity index (χ0n) is 16.1. The second-order valence-corrected chi connectivity index (χ2v) is 6.95. The van der Waals surface area contributed by atoms with Crippen LogP contribution >= 0.6 is 0 Å². The highest BCUT2D eigenvalue weighted by Gasteiger charge is 2.17. The maximum absolute atomic E-state index is 13.3. The fourth-order valence-corrected chi connectivity index (χ4v) is 3.50. The summed E-state index contributed by atoms with van der Waals surface area (Å²) in [5, 5.41) is 8.63. The van der Waals surface area contributed by atoms with Crippen LogP contribution in [0.25, 0.3) is 21.8 Å². The lowest BCUT2D eigenvalue weighted by Gasteiger charge is -2.09. The molecule has 0 aliphatic heterocycles. The minimum absolute atomic E-state index is 0.132. The molecular formula is C22H21FN4O2. The predicted octanol–water partition coefficient (Wildman–Crippen LogP) is 3.06. The molecule has 0 bridgehead atoms. The van der Waals surface area contributed by atoms with Crippen molar-refractivity contribution in [1.82, 2.24) is 19.7 Å². The van der Waals surface area contributed by atoms with E-state index in [1.165, 1.54) is 16.8 Å². The number of hydrogen-bond acceptors (Lipinski definition) is 3. The summed E-state index contributed by atoms with van der Waals surface area (Å²) in [6, 6.07) is 13.9. The Morgan fingerprint density at radius 3 is 2.62 bits per heavy atom. The normalized spacial score (nSPS) is 11.2. The molecule has 2 aromatic heterocycles. The molecule has 148 valence electrons. The molecule has 1 N–H and O–H groups in total. The number of benzene rings is 2. The monoisotopic (exact) mass is 392 g/mol. The molecule has 4 aromatic rings. The molecule has 6 nitrogen and oxygen atoms in total. The van der Waals surface area contributed by atoms with E-state index in [2.05, 4.69) is 10.4 Å². The number of rotatable bonds is 6. The van der Waals surface area contributed by atoms with Gasteiger partial charge in [0.15, 0.2) is 0 Å². The predicted molar refractivity (Wildman–Crippen MR) is 110 cm³/mol. The van der Waals surface area contributed by atoms with Gasteiger partial charge in [0.05, 0.1) is 6.20 Å². The molecule has 0 saturated carbocycles.